The first-order valence-corrected chi connectivity index (χ1v) is 10.5. The predicted molar refractivity (Wildman–Crippen MR) is 113 cm³/mol. The van der Waals surface area contributed by atoms with E-state index in [9.17, 15) is 4.79 Å². The van der Waals surface area contributed by atoms with E-state index >= 15 is 0 Å². The van der Waals surface area contributed by atoms with Crippen LogP contribution in [0.4, 0.5) is 0 Å². The Hall–Kier alpha value is -1.33. The fourth-order valence-electron chi connectivity index (χ4n) is 4.48. The van der Waals surface area contributed by atoms with Crippen molar-refractivity contribution in [3.63, 3.8) is 0 Å². The molecule has 1 aliphatic carbocycles. The van der Waals surface area contributed by atoms with Gasteiger partial charge in [-0.1, -0.05) is 24.3 Å². The topological polar surface area (TPSA) is 44.8 Å². The van der Waals surface area contributed by atoms with Gasteiger partial charge in [-0.15, -0.1) is 0 Å². The Morgan fingerprint density at radius 1 is 1.00 bits per heavy atom. The Labute approximate surface area is 170 Å². The lowest BCUT2D eigenvalue weighted by molar-refractivity contribution is -0.154. The SMILES string of the molecule is COC(=O)C(C)(C)C1CCC(c2ccc(B3OC(C)(C)C(C)(C)O3)cc2)CC1. The average Bonchev–Trinajstić information content (AvgIpc) is 2.88. The first-order chi connectivity index (χ1) is 13.0. The highest BCUT2D eigenvalue weighted by Crippen LogP contribution is 2.44. The predicted octanol–water partition coefficient (Wildman–Crippen LogP) is 4.46. The van der Waals surface area contributed by atoms with Crippen LogP contribution in [0, 0.1) is 11.3 Å². The quantitative estimate of drug-likeness (QED) is 0.566. The summed E-state index contributed by atoms with van der Waals surface area (Å²) in [6.45, 7) is 12.4. The van der Waals surface area contributed by atoms with Crippen molar-refractivity contribution in [2.75, 3.05) is 7.11 Å². The highest BCUT2D eigenvalue weighted by Gasteiger charge is 2.51. The molecule has 0 atom stereocenters. The lowest BCUT2D eigenvalue weighted by Crippen LogP contribution is -2.41. The van der Waals surface area contributed by atoms with E-state index in [2.05, 4.69) is 52.0 Å². The van der Waals surface area contributed by atoms with Crippen LogP contribution in [0.1, 0.15) is 78.7 Å². The van der Waals surface area contributed by atoms with Gasteiger partial charge in [-0.25, -0.2) is 0 Å². The number of esters is 1. The molecular formula is C23H35BO4. The third-order valence-electron chi connectivity index (χ3n) is 7.39. The van der Waals surface area contributed by atoms with Gasteiger partial charge in [0.1, 0.15) is 0 Å². The Kier molecular flexibility index (Phi) is 5.72. The van der Waals surface area contributed by atoms with Gasteiger partial charge >= 0.3 is 13.1 Å². The fourth-order valence-corrected chi connectivity index (χ4v) is 4.48. The van der Waals surface area contributed by atoms with Gasteiger partial charge in [-0.2, -0.15) is 0 Å². The fraction of sp³-hybridized carbons (Fsp3) is 0.696. The molecule has 0 radical (unpaired) electrons. The highest BCUT2D eigenvalue weighted by molar-refractivity contribution is 6.62. The molecule has 0 unspecified atom stereocenters. The van der Waals surface area contributed by atoms with E-state index in [0.717, 1.165) is 31.1 Å². The number of benzene rings is 1. The normalized spacial score (nSPS) is 26.9. The molecule has 3 rings (SSSR count). The number of rotatable bonds is 4. The largest absolute Gasteiger partial charge is 0.494 e. The van der Waals surface area contributed by atoms with Crippen LogP contribution in [0.15, 0.2) is 24.3 Å². The maximum Gasteiger partial charge on any atom is 0.494 e. The summed E-state index contributed by atoms with van der Waals surface area (Å²) in [5, 5.41) is 0. The molecule has 28 heavy (non-hydrogen) atoms. The molecular weight excluding hydrogens is 351 g/mol. The summed E-state index contributed by atoms with van der Waals surface area (Å²) in [5.41, 5.74) is 1.40. The van der Waals surface area contributed by atoms with Gasteiger partial charge in [0.25, 0.3) is 0 Å². The van der Waals surface area contributed by atoms with Crippen molar-refractivity contribution in [1.29, 1.82) is 0 Å². The summed E-state index contributed by atoms with van der Waals surface area (Å²) < 4.78 is 17.3. The zero-order valence-electron chi connectivity index (χ0n) is 18.5. The van der Waals surface area contributed by atoms with Crippen LogP contribution in [0.5, 0.6) is 0 Å². The Morgan fingerprint density at radius 3 is 1.96 bits per heavy atom. The molecule has 154 valence electrons. The number of methoxy groups -OCH3 is 1. The maximum absolute atomic E-state index is 12.1. The lowest BCUT2D eigenvalue weighted by atomic mass is 9.67. The zero-order chi connectivity index (χ0) is 20.7. The third-order valence-corrected chi connectivity index (χ3v) is 7.39. The first-order valence-electron chi connectivity index (χ1n) is 10.5. The van der Waals surface area contributed by atoms with Gasteiger partial charge in [0, 0.05) is 0 Å². The van der Waals surface area contributed by atoms with Crippen LogP contribution in [-0.2, 0) is 18.8 Å². The molecule has 0 N–H and O–H groups in total. The van der Waals surface area contributed by atoms with Gasteiger partial charge in [-0.3, -0.25) is 4.79 Å². The molecule has 2 fully saturated rings. The summed E-state index contributed by atoms with van der Waals surface area (Å²) >= 11 is 0. The minimum atomic E-state index is -0.402. The van der Waals surface area contributed by atoms with Gasteiger partial charge in [-0.05, 0) is 90.1 Å². The first kappa shape index (κ1) is 21.4. The Bertz CT molecular complexity index is 684. The molecule has 1 aromatic carbocycles. The van der Waals surface area contributed by atoms with Crippen molar-refractivity contribution < 1.29 is 18.8 Å². The van der Waals surface area contributed by atoms with Crippen molar-refractivity contribution >= 4 is 18.6 Å². The molecule has 5 heteroatoms. The van der Waals surface area contributed by atoms with Crippen molar-refractivity contribution in [2.24, 2.45) is 11.3 Å². The molecule has 1 saturated carbocycles. The number of carbonyl (C=O) groups excluding carboxylic acids is 1. The van der Waals surface area contributed by atoms with E-state index in [-0.39, 0.29) is 24.3 Å². The molecule has 4 nitrogen and oxygen atoms in total. The zero-order valence-corrected chi connectivity index (χ0v) is 18.5. The van der Waals surface area contributed by atoms with E-state index in [1.54, 1.807) is 0 Å². The average molecular weight is 386 g/mol. The molecule has 0 aromatic heterocycles. The molecule has 2 aliphatic rings. The summed E-state index contributed by atoms with van der Waals surface area (Å²) in [6, 6.07) is 8.72. The summed E-state index contributed by atoms with van der Waals surface area (Å²) in [7, 11) is 1.17. The van der Waals surface area contributed by atoms with Crippen LogP contribution in [0.2, 0.25) is 0 Å². The van der Waals surface area contributed by atoms with Gasteiger partial charge in [0.15, 0.2) is 0 Å². The number of carbonyl (C=O) groups is 1. The second kappa shape index (κ2) is 7.49. The molecule has 1 heterocycles. The molecule has 1 aromatic rings. The van der Waals surface area contributed by atoms with Crippen molar-refractivity contribution in [1.82, 2.24) is 0 Å². The van der Waals surface area contributed by atoms with Gasteiger partial charge in [0.2, 0.25) is 0 Å². The van der Waals surface area contributed by atoms with E-state index < -0.39 is 5.41 Å². The molecule has 1 saturated heterocycles. The van der Waals surface area contributed by atoms with Gasteiger partial charge in [0.05, 0.1) is 23.7 Å². The summed E-state index contributed by atoms with van der Waals surface area (Å²) in [4.78, 5) is 12.1. The Morgan fingerprint density at radius 2 is 1.50 bits per heavy atom. The standard InChI is InChI=1S/C23H35BO4/c1-21(2,20(25)26-7)18-12-8-16(9-13-18)17-10-14-19(15-11-17)24-27-22(3,4)23(5,6)28-24/h10-11,14-16,18H,8-9,12-13H2,1-7H3. The molecule has 0 spiro atoms. The van der Waals surface area contributed by atoms with Crippen LogP contribution >= 0.6 is 0 Å². The van der Waals surface area contributed by atoms with Gasteiger partial charge < -0.3 is 14.0 Å². The lowest BCUT2D eigenvalue weighted by Gasteiger charge is -2.37. The van der Waals surface area contributed by atoms with Crippen molar-refractivity contribution in [2.45, 2.75) is 84.3 Å². The van der Waals surface area contributed by atoms with Crippen LogP contribution in [0.25, 0.3) is 0 Å². The number of ether oxygens (including phenoxy) is 1. The Balaban J connectivity index is 1.62. The van der Waals surface area contributed by atoms with Crippen LogP contribution in [-0.4, -0.2) is 31.4 Å². The maximum atomic E-state index is 12.1. The monoisotopic (exact) mass is 386 g/mol. The number of hydrogen-bond donors (Lipinski definition) is 0. The van der Waals surface area contributed by atoms with E-state index in [1.807, 2.05) is 13.8 Å². The van der Waals surface area contributed by atoms with Crippen molar-refractivity contribution in [3.8, 4) is 0 Å². The summed E-state index contributed by atoms with van der Waals surface area (Å²) in [6.07, 6.45) is 4.35. The van der Waals surface area contributed by atoms with E-state index in [4.69, 9.17) is 14.0 Å². The smallest absolute Gasteiger partial charge is 0.469 e. The third kappa shape index (κ3) is 3.88. The molecule has 0 amide bonds. The van der Waals surface area contributed by atoms with Crippen LogP contribution in [0.3, 0.4) is 0 Å². The molecule has 0 bridgehead atoms. The highest BCUT2D eigenvalue weighted by atomic mass is 16.7. The van der Waals surface area contributed by atoms with Crippen molar-refractivity contribution in [3.05, 3.63) is 29.8 Å². The minimum Gasteiger partial charge on any atom is -0.469 e. The summed E-state index contributed by atoms with van der Waals surface area (Å²) in [5.74, 6) is 0.847. The van der Waals surface area contributed by atoms with Crippen LogP contribution < -0.4 is 5.46 Å². The number of hydrogen-bond acceptors (Lipinski definition) is 4. The van der Waals surface area contributed by atoms with E-state index in [1.165, 1.54) is 12.7 Å². The van der Waals surface area contributed by atoms with E-state index in [0.29, 0.717) is 11.8 Å². The minimum absolute atomic E-state index is 0.0947. The second-order valence-electron chi connectivity index (χ2n) is 10.0. The molecule has 1 aliphatic heterocycles. The second-order valence-corrected chi connectivity index (χ2v) is 10.0.